The van der Waals surface area contributed by atoms with Crippen molar-refractivity contribution >= 4 is 15.9 Å². The van der Waals surface area contributed by atoms with Crippen LogP contribution in [-0.2, 0) is 6.54 Å². The lowest BCUT2D eigenvalue weighted by atomic mass is 9.96. The van der Waals surface area contributed by atoms with E-state index in [2.05, 4.69) is 40.2 Å². The van der Waals surface area contributed by atoms with Crippen molar-refractivity contribution in [3.8, 4) is 0 Å². The Kier molecular flexibility index (Phi) is 5.15. The monoisotopic (exact) mass is 346 g/mol. The van der Waals surface area contributed by atoms with Gasteiger partial charge >= 0.3 is 0 Å². The molecule has 0 amide bonds. The number of hydrogen-bond donors (Lipinski definition) is 1. The van der Waals surface area contributed by atoms with Gasteiger partial charge in [0.2, 0.25) is 0 Å². The Morgan fingerprint density at radius 1 is 1.25 bits per heavy atom. The standard InChI is InChI=1S/C15H21BrF2N2/c1-20(2)15(7-3-4-8-15)10-19-9-11-13(17)6-5-12(16)14(11)18/h5-6,19H,3-4,7-10H2,1-2H3. The number of likely N-dealkylation sites (N-methyl/N-ethyl adjacent to an activating group) is 1. The third kappa shape index (κ3) is 3.21. The molecule has 0 atom stereocenters. The van der Waals surface area contributed by atoms with Gasteiger partial charge in [0.1, 0.15) is 11.6 Å². The second-order valence-corrected chi connectivity index (χ2v) is 6.61. The highest BCUT2D eigenvalue weighted by Crippen LogP contribution is 2.33. The second kappa shape index (κ2) is 6.50. The molecule has 0 spiro atoms. The molecular formula is C15H21BrF2N2. The Bertz CT molecular complexity index is 471. The van der Waals surface area contributed by atoms with E-state index in [0.29, 0.717) is 4.47 Å². The van der Waals surface area contributed by atoms with Crippen LogP contribution in [-0.4, -0.2) is 31.1 Å². The number of halogens is 3. The molecule has 0 aliphatic heterocycles. The fourth-order valence-electron chi connectivity index (χ4n) is 2.97. The highest BCUT2D eigenvalue weighted by molar-refractivity contribution is 9.10. The zero-order valence-electron chi connectivity index (χ0n) is 12.0. The summed E-state index contributed by atoms with van der Waals surface area (Å²) in [6, 6.07) is 2.69. The molecule has 1 aliphatic carbocycles. The SMILES string of the molecule is CN(C)C1(CNCc2c(F)ccc(Br)c2F)CCCC1. The molecular weight excluding hydrogens is 326 g/mol. The molecule has 2 nitrogen and oxygen atoms in total. The maximum atomic E-state index is 13.9. The Morgan fingerprint density at radius 2 is 1.90 bits per heavy atom. The van der Waals surface area contributed by atoms with Gasteiger partial charge in [-0.1, -0.05) is 12.8 Å². The lowest BCUT2D eigenvalue weighted by molar-refractivity contribution is 0.153. The Morgan fingerprint density at radius 3 is 2.50 bits per heavy atom. The van der Waals surface area contributed by atoms with Crippen LogP contribution < -0.4 is 5.32 Å². The summed E-state index contributed by atoms with van der Waals surface area (Å²) in [7, 11) is 4.15. The normalized spacial score (nSPS) is 17.9. The van der Waals surface area contributed by atoms with Crippen molar-refractivity contribution in [3.63, 3.8) is 0 Å². The topological polar surface area (TPSA) is 15.3 Å². The average molecular weight is 347 g/mol. The molecule has 1 aromatic carbocycles. The van der Waals surface area contributed by atoms with Crippen molar-refractivity contribution in [1.29, 1.82) is 0 Å². The molecule has 1 saturated carbocycles. The smallest absolute Gasteiger partial charge is 0.144 e. The minimum atomic E-state index is -0.511. The molecule has 1 N–H and O–H groups in total. The predicted molar refractivity (Wildman–Crippen MR) is 80.7 cm³/mol. The van der Waals surface area contributed by atoms with Crippen LogP contribution in [0, 0.1) is 11.6 Å². The Hall–Kier alpha value is -0.520. The molecule has 0 bridgehead atoms. The first kappa shape index (κ1) is 15.9. The van der Waals surface area contributed by atoms with Crippen LogP contribution >= 0.6 is 15.9 Å². The summed E-state index contributed by atoms with van der Waals surface area (Å²) in [5, 5.41) is 3.23. The summed E-state index contributed by atoms with van der Waals surface area (Å²) in [6.45, 7) is 0.970. The van der Waals surface area contributed by atoms with Gasteiger partial charge in [0.15, 0.2) is 0 Å². The van der Waals surface area contributed by atoms with Gasteiger partial charge in [-0.3, -0.25) is 0 Å². The average Bonchev–Trinajstić information content (AvgIpc) is 2.88. The van der Waals surface area contributed by atoms with Gasteiger partial charge < -0.3 is 10.2 Å². The molecule has 5 heteroatoms. The first-order valence-corrected chi connectivity index (χ1v) is 7.76. The first-order valence-electron chi connectivity index (χ1n) is 6.97. The summed E-state index contributed by atoms with van der Waals surface area (Å²) in [6.07, 6.45) is 4.71. The fourth-order valence-corrected chi connectivity index (χ4v) is 3.34. The van der Waals surface area contributed by atoms with Crippen LogP contribution in [0.3, 0.4) is 0 Å². The van der Waals surface area contributed by atoms with Gasteiger partial charge in [-0.2, -0.15) is 0 Å². The third-order valence-electron chi connectivity index (χ3n) is 4.38. The van der Waals surface area contributed by atoms with E-state index < -0.39 is 11.6 Å². The molecule has 2 rings (SSSR count). The predicted octanol–water partition coefficient (Wildman–Crippen LogP) is 3.69. The van der Waals surface area contributed by atoms with Gasteiger partial charge in [-0.25, -0.2) is 8.78 Å². The molecule has 1 aliphatic rings. The number of nitrogens with one attached hydrogen (secondary N) is 1. The number of hydrogen-bond acceptors (Lipinski definition) is 2. The zero-order valence-corrected chi connectivity index (χ0v) is 13.6. The van der Waals surface area contributed by atoms with Crippen molar-refractivity contribution in [3.05, 3.63) is 33.8 Å². The zero-order chi connectivity index (χ0) is 14.8. The van der Waals surface area contributed by atoms with Crippen LogP contribution in [0.4, 0.5) is 8.78 Å². The lowest BCUT2D eigenvalue weighted by Gasteiger charge is -2.36. The van der Waals surface area contributed by atoms with Crippen molar-refractivity contribution in [1.82, 2.24) is 10.2 Å². The van der Waals surface area contributed by atoms with E-state index in [9.17, 15) is 8.78 Å². The molecule has 0 radical (unpaired) electrons. The van der Waals surface area contributed by atoms with Crippen molar-refractivity contribution in [2.45, 2.75) is 37.8 Å². The first-order chi connectivity index (χ1) is 9.46. The summed E-state index contributed by atoms with van der Waals surface area (Å²) in [4.78, 5) is 2.24. The van der Waals surface area contributed by atoms with E-state index in [1.807, 2.05) is 0 Å². The van der Waals surface area contributed by atoms with Crippen LogP contribution in [0.1, 0.15) is 31.2 Å². The van der Waals surface area contributed by atoms with Crippen LogP contribution in [0.25, 0.3) is 0 Å². The minimum absolute atomic E-state index is 0.103. The largest absolute Gasteiger partial charge is 0.311 e. The van der Waals surface area contributed by atoms with E-state index >= 15 is 0 Å². The number of benzene rings is 1. The van der Waals surface area contributed by atoms with Crippen molar-refractivity contribution in [2.75, 3.05) is 20.6 Å². The summed E-state index contributed by atoms with van der Waals surface area (Å²) >= 11 is 3.09. The summed E-state index contributed by atoms with van der Waals surface area (Å²) in [5.41, 5.74) is 0.227. The van der Waals surface area contributed by atoms with E-state index in [-0.39, 0.29) is 17.6 Å². The molecule has 0 saturated heterocycles. The molecule has 112 valence electrons. The quantitative estimate of drug-likeness (QED) is 0.818. The van der Waals surface area contributed by atoms with Gasteiger partial charge in [0, 0.05) is 24.2 Å². The van der Waals surface area contributed by atoms with Crippen LogP contribution in [0.5, 0.6) is 0 Å². The van der Waals surface area contributed by atoms with Gasteiger partial charge in [-0.15, -0.1) is 0 Å². The van der Waals surface area contributed by atoms with Crippen molar-refractivity contribution < 1.29 is 8.78 Å². The lowest BCUT2D eigenvalue weighted by Crippen LogP contribution is -2.49. The number of nitrogens with zero attached hydrogens (tertiary/aromatic N) is 1. The molecule has 0 heterocycles. The van der Waals surface area contributed by atoms with Crippen molar-refractivity contribution in [2.24, 2.45) is 0 Å². The van der Waals surface area contributed by atoms with E-state index in [1.54, 1.807) is 0 Å². The van der Waals surface area contributed by atoms with Gasteiger partial charge in [-0.05, 0) is 55.0 Å². The highest BCUT2D eigenvalue weighted by atomic mass is 79.9. The molecule has 1 aromatic rings. The second-order valence-electron chi connectivity index (χ2n) is 5.75. The highest BCUT2D eigenvalue weighted by Gasteiger charge is 2.35. The summed E-state index contributed by atoms with van der Waals surface area (Å²) < 4.78 is 27.9. The summed E-state index contributed by atoms with van der Waals surface area (Å²) in [5.74, 6) is -1.01. The molecule has 20 heavy (non-hydrogen) atoms. The van der Waals surface area contributed by atoms with Gasteiger partial charge in [0.05, 0.1) is 4.47 Å². The molecule has 0 unspecified atom stereocenters. The minimum Gasteiger partial charge on any atom is -0.311 e. The third-order valence-corrected chi connectivity index (χ3v) is 4.99. The van der Waals surface area contributed by atoms with E-state index in [1.165, 1.54) is 25.0 Å². The Balaban J connectivity index is 2.01. The van der Waals surface area contributed by atoms with Crippen LogP contribution in [0.2, 0.25) is 0 Å². The maximum absolute atomic E-state index is 13.9. The maximum Gasteiger partial charge on any atom is 0.144 e. The van der Waals surface area contributed by atoms with E-state index in [0.717, 1.165) is 19.4 Å². The van der Waals surface area contributed by atoms with Gasteiger partial charge in [0.25, 0.3) is 0 Å². The Labute approximate surface area is 127 Å². The molecule has 1 fully saturated rings. The van der Waals surface area contributed by atoms with Crippen LogP contribution in [0.15, 0.2) is 16.6 Å². The number of rotatable bonds is 5. The van der Waals surface area contributed by atoms with E-state index in [4.69, 9.17) is 0 Å². The fraction of sp³-hybridized carbons (Fsp3) is 0.600. The molecule has 0 aromatic heterocycles.